The van der Waals surface area contributed by atoms with Crippen molar-refractivity contribution in [1.29, 1.82) is 0 Å². The summed E-state index contributed by atoms with van der Waals surface area (Å²) in [4.78, 5) is 0.191. The lowest BCUT2D eigenvalue weighted by molar-refractivity contribution is 0.340. The summed E-state index contributed by atoms with van der Waals surface area (Å²) in [5.74, 6) is 0.916. The quantitative estimate of drug-likeness (QED) is 0.430. The van der Waals surface area contributed by atoms with Crippen LogP contribution in [0, 0.1) is 0 Å². The van der Waals surface area contributed by atoms with Gasteiger partial charge in [-0.25, -0.2) is 0 Å². The van der Waals surface area contributed by atoms with Crippen LogP contribution >= 0.6 is 43.2 Å². The largest absolute Gasteiger partial charge is 0.494 e. The van der Waals surface area contributed by atoms with Crippen LogP contribution in [0.15, 0.2) is 52.3 Å². The number of fused-ring (bicyclic) bond motifs is 1. The van der Waals surface area contributed by atoms with E-state index in [1.807, 2.05) is 19.1 Å². The van der Waals surface area contributed by atoms with E-state index < -0.39 is 0 Å². The monoisotopic (exact) mass is 424 g/mol. The fourth-order valence-electron chi connectivity index (χ4n) is 2.32. The summed E-state index contributed by atoms with van der Waals surface area (Å²) < 4.78 is 7.95. The van der Waals surface area contributed by atoms with E-state index in [0.29, 0.717) is 6.61 Å². The molecule has 0 bridgehead atoms. The lowest BCUT2D eigenvalue weighted by atomic mass is 10.0. The molecule has 1 nitrogen and oxygen atoms in total. The molecule has 0 fully saturated rings. The van der Waals surface area contributed by atoms with Crippen molar-refractivity contribution in [2.24, 2.45) is 0 Å². The van der Waals surface area contributed by atoms with Gasteiger partial charge >= 0.3 is 0 Å². The SMILES string of the molecule is CCOc1ccc(C(Br)c2csc3c(Br)cccc23)cc1. The summed E-state index contributed by atoms with van der Waals surface area (Å²) in [6.07, 6.45) is 0. The summed E-state index contributed by atoms with van der Waals surface area (Å²) in [7, 11) is 0. The van der Waals surface area contributed by atoms with Gasteiger partial charge in [-0.15, -0.1) is 11.3 Å². The Kier molecular flexibility index (Phi) is 4.67. The normalized spacial score (nSPS) is 12.5. The van der Waals surface area contributed by atoms with Crippen LogP contribution in [0.1, 0.15) is 22.9 Å². The van der Waals surface area contributed by atoms with Gasteiger partial charge in [0.1, 0.15) is 5.75 Å². The molecule has 4 heteroatoms. The minimum Gasteiger partial charge on any atom is -0.494 e. The van der Waals surface area contributed by atoms with E-state index >= 15 is 0 Å². The van der Waals surface area contributed by atoms with Crippen molar-refractivity contribution in [2.45, 2.75) is 11.8 Å². The Morgan fingerprint density at radius 2 is 1.90 bits per heavy atom. The molecule has 0 spiro atoms. The zero-order valence-electron chi connectivity index (χ0n) is 11.5. The first kappa shape index (κ1) is 15.1. The number of alkyl halides is 1. The summed E-state index contributed by atoms with van der Waals surface area (Å²) >= 11 is 9.23. The molecule has 0 amide bonds. The molecule has 0 saturated heterocycles. The van der Waals surface area contributed by atoms with Crippen LogP contribution < -0.4 is 4.74 Å². The Morgan fingerprint density at radius 3 is 2.62 bits per heavy atom. The number of halogens is 2. The van der Waals surface area contributed by atoms with Gasteiger partial charge in [0, 0.05) is 9.17 Å². The third-order valence-electron chi connectivity index (χ3n) is 3.34. The number of hydrogen-bond acceptors (Lipinski definition) is 2. The maximum atomic E-state index is 5.50. The molecule has 0 N–H and O–H groups in total. The molecule has 1 atom stereocenters. The molecule has 0 aliphatic heterocycles. The molecule has 3 rings (SSSR count). The molecule has 0 aliphatic carbocycles. The lowest BCUT2D eigenvalue weighted by Crippen LogP contribution is -1.94. The van der Waals surface area contributed by atoms with E-state index in [4.69, 9.17) is 4.74 Å². The van der Waals surface area contributed by atoms with Crippen molar-refractivity contribution < 1.29 is 4.74 Å². The number of thiophene rings is 1. The molecule has 108 valence electrons. The second kappa shape index (κ2) is 6.51. The smallest absolute Gasteiger partial charge is 0.119 e. The highest BCUT2D eigenvalue weighted by Gasteiger charge is 2.16. The third-order valence-corrected chi connectivity index (χ3v) is 6.33. The summed E-state index contributed by atoms with van der Waals surface area (Å²) in [5, 5.41) is 3.52. The fraction of sp³-hybridized carbons (Fsp3) is 0.176. The number of ether oxygens (including phenoxy) is 1. The summed E-state index contributed by atoms with van der Waals surface area (Å²) in [5.41, 5.74) is 2.54. The van der Waals surface area contributed by atoms with Crippen LogP contribution in [0.25, 0.3) is 10.1 Å². The molecule has 2 aromatic carbocycles. The molecular weight excluding hydrogens is 412 g/mol. The van der Waals surface area contributed by atoms with Crippen LogP contribution in [-0.4, -0.2) is 6.61 Å². The van der Waals surface area contributed by atoms with Crippen molar-refractivity contribution >= 4 is 53.3 Å². The second-order valence-corrected chi connectivity index (χ2v) is 7.32. The van der Waals surface area contributed by atoms with Gasteiger partial charge in [0.25, 0.3) is 0 Å². The first-order valence-corrected chi connectivity index (χ1v) is 9.32. The van der Waals surface area contributed by atoms with Gasteiger partial charge < -0.3 is 4.74 Å². The van der Waals surface area contributed by atoms with Crippen molar-refractivity contribution in [2.75, 3.05) is 6.61 Å². The van der Waals surface area contributed by atoms with Crippen molar-refractivity contribution in [3.05, 3.63) is 63.4 Å². The van der Waals surface area contributed by atoms with Crippen LogP contribution in [0.2, 0.25) is 0 Å². The number of rotatable bonds is 4. The topological polar surface area (TPSA) is 9.23 Å². The predicted molar refractivity (Wildman–Crippen MR) is 97.9 cm³/mol. The van der Waals surface area contributed by atoms with Gasteiger partial charge in [-0.1, -0.05) is 40.2 Å². The third kappa shape index (κ3) is 3.03. The molecule has 1 aromatic heterocycles. The molecule has 21 heavy (non-hydrogen) atoms. The molecule has 0 aliphatic rings. The standard InChI is InChI=1S/C17H14Br2OS/c1-2-20-12-8-6-11(7-9-12)16(19)14-10-21-17-13(14)4-3-5-15(17)18/h3-10,16H,2H2,1H3. The highest BCUT2D eigenvalue weighted by molar-refractivity contribution is 9.10. The maximum absolute atomic E-state index is 5.50. The highest BCUT2D eigenvalue weighted by atomic mass is 79.9. The van der Waals surface area contributed by atoms with Gasteiger partial charge in [0.2, 0.25) is 0 Å². The average molecular weight is 426 g/mol. The first-order valence-electron chi connectivity index (χ1n) is 6.73. The van der Waals surface area contributed by atoms with Crippen LogP contribution in [0.3, 0.4) is 0 Å². The number of benzene rings is 2. The van der Waals surface area contributed by atoms with Crippen molar-refractivity contribution in [3.63, 3.8) is 0 Å². The van der Waals surface area contributed by atoms with Crippen molar-refractivity contribution in [3.8, 4) is 5.75 Å². The average Bonchev–Trinajstić information content (AvgIpc) is 2.93. The fourth-order valence-corrected chi connectivity index (χ4v) is 4.82. The maximum Gasteiger partial charge on any atom is 0.119 e. The van der Waals surface area contributed by atoms with Crippen LogP contribution in [0.4, 0.5) is 0 Å². The van der Waals surface area contributed by atoms with E-state index in [9.17, 15) is 0 Å². The Hall–Kier alpha value is -0.840. The van der Waals surface area contributed by atoms with Crippen LogP contribution in [0.5, 0.6) is 5.75 Å². The number of hydrogen-bond donors (Lipinski definition) is 0. The Bertz CT molecular complexity index is 749. The minimum absolute atomic E-state index is 0.191. The predicted octanol–water partition coefficient (Wildman–Crippen LogP) is 6.55. The van der Waals surface area contributed by atoms with Crippen molar-refractivity contribution in [1.82, 2.24) is 0 Å². The molecule has 0 saturated carbocycles. The molecule has 0 radical (unpaired) electrons. The highest BCUT2D eigenvalue weighted by Crippen LogP contribution is 2.41. The molecule has 1 unspecified atom stereocenters. The Balaban J connectivity index is 1.96. The van der Waals surface area contributed by atoms with E-state index in [-0.39, 0.29) is 4.83 Å². The Labute approximate surface area is 145 Å². The van der Waals surface area contributed by atoms with Gasteiger partial charge in [-0.05, 0) is 62.9 Å². The van der Waals surface area contributed by atoms with Gasteiger partial charge in [0.05, 0.1) is 11.4 Å². The second-order valence-electron chi connectivity index (χ2n) is 4.67. The minimum atomic E-state index is 0.191. The van der Waals surface area contributed by atoms with E-state index in [1.54, 1.807) is 11.3 Å². The summed E-state index contributed by atoms with van der Waals surface area (Å²) in [6, 6.07) is 14.6. The lowest BCUT2D eigenvalue weighted by Gasteiger charge is -2.11. The van der Waals surface area contributed by atoms with Gasteiger partial charge in [-0.3, -0.25) is 0 Å². The zero-order valence-corrected chi connectivity index (χ0v) is 15.5. The van der Waals surface area contributed by atoms with E-state index in [0.717, 1.165) is 10.2 Å². The first-order chi connectivity index (χ1) is 10.2. The zero-order chi connectivity index (χ0) is 14.8. The Morgan fingerprint density at radius 1 is 1.14 bits per heavy atom. The van der Waals surface area contributed by atoms with Crippen LogP contribution in [-0.2, 0) is 0 Å². The molecule has 1 heterocycles. The van der Waals surface area contributed by atoms with E-state index in [2.05, 4.69) is 67.6 Å². The van der Waals surface area contributed by atoms with Gasteiger partial charge in [0.15, 0.2) is 0 Å². The van der Waals surface area contributed by atoms with Gasteiger partial charge in [-0.2, -0.15) is 0 Å². The summed E-state index contributed by atoms with van der Waals surface area (Å²) in [6.45, 7) is 2.69. The molecule has 3 aromatic rings. The molecular formula is C17H14Br2OS. The van der Waals surface area contributed by atoms with E-state index in [1.165, 1.54) is 21.2 Å².